The molecule has 5 heteroatoms. The van der Waals surface area contributed by atoms with Gasteiger partial charge in [-0.1, -0.05) is 17.7 Å². The smallest absolute Gasteiger partial charge is 0.0897 e. The topological polar surface area (TPSA) is 40.7 Å². The molecular weight excluding hydrogens is 278 g/mol. The minimum absolute atomic E-state index is 0.756. The number of halogens is 1. The molecule has 0 unspecified atom stereocenters. The Morgan fingerprint density at radius 1 is 1.37 bits per heavy atom. The first kappa shape index (κ1) is 12.7. The van der Waals surface area contributed by atoms with Gasteiger partial charge in [-0.05, 0) is 24.6 Å². The van der Waals surface area contributed by atoms with E-state index in [-0.39, 0.29) is 0 Å². The van der Waals surface area contributed by atoms with Gasteiger partial charge in [0.2, 0.25) is 0 Å². The Morgan fingerprint density at radius 2 is 2.26 bits per heavy atom. The predicted molar refractivity (Wildman–Crippen MR) is 80.7 cm³/mol. The monoisotopic (exact) mass is 291 g/mol. The van der Waals surface area contributed by atoms with Gasteiger partial charge in [-0.15, -0.1) is 11.3 Å². The van der Waals surface area contributed by atoms with Crippen molar-refractivity contribution in [2.45, 2.75) is 20.0 Å². The zero-order valence-corrected chi connectivity index (χ0v) is 12.1. The van der Waals surface area contributed by atoms with E-state index >= 15 is 0 Å². The summed E-state index contributed by atoms with van der Waals surface area (Å²) >= 11 is 7.66. The molecule has 0 radical (unpaired) electrons. The van der Waals surface area contributed by atoms with E-state index in [2.05, 4.69) is 26.7 Å². The minimum Gasteiger partial charge on any atom is -0.361 e. The van der Waals surface area contributed by atoms with Crippen LogP contribution >= 0.6 is 22.9 Å². The Labute approximate surface area is 120 Å². The zero-order valence-electron chi connectivity index (χ0n) is 10.5. The molecule has 0 aliphatic carbocycles. The molecule has 0 aliphatic heterocycles. The van der Waals surface area contributed by atoms with Crippen molar-refractivity contribution in [1.29, 1.82) is 0 Å². The van der Waals surface area contributed by atoms with Crippen molar-refractivity contribution >= 4 is 33.8 Å². The number of aryl methyl sites for hydroxylation is 1. The van der Waals surface area contributed by atoms with Crippen molar-refractivity contribution < 1.29 is 0 Å². The summed E-state index contributed by atoms with van der Waals surface area (Å²) < 4.78 is 0. The fourth-order valence-corrected chi connectivity index (χ4v) is 2.90. The van der Waals surface area contributed by atoms with Gasteiger partial charge in [0, 0.05) is 40.6 Å². The molecule has 0 saturated carbocycles. The van der Waals surface area contributed by atoms with Crippen LogP contribution in [0.3, 0.4) is 0 Å². The second kappa shape index (κ2) is 5.33. The highest BCUT2D eigenvalue weighted by atomic mass is 35.5. The molecule has 2 N–H and O–H groups in total. The molecule has 0 fully saturated rings. The highest BCUT2D eigenvalue weighted by molar-refractivity contribution is 7.09. The van der Waals surface area contributed by atoms with Crippen molar-refractivity contribution in [2.24, 2.45) is 0 Å². The molecule has 1 aromatic carbocycles. The van der Waals surface area contributed by atoms with Crippen molar-refractivity contribution in [1.82, 2.24) is 15.3 Å². The number of benzene rings is 1. The van der Waals surface area contributed by atoms with Crippen molar-refractivity contribution in [3.8, 4) is 0 Å². The van der Waals surface area contributed by atoms with Crippen LogP contribution in [-0.4, -0.2) is 9.97 Å². The number of nitrogens with one attached hydrogen (secondary N) is 2. The van der Waals surface area contributed by atoms with E-state index in [0.717, 1.165) is 34.3 Å². The SMILES string of the molecule is Cc1nc(CNCc2c[nH]c3cc(Cl)ccc23)cs1. The number of nitrogens with zero attached hydrogens (tertiary/aromatic N) is 1. The van der Waals surface area contributed by atoms with Crippen LogP contribution in [0.4, 0.5) is 0 Å². The maximum Gasteiger partial charge on any atom is 0.0897 e. The molecule has 98 valence electrons. The summed E-state index contributed by atoms with van der Waals surface area (Å²) in [5.74, 6) is 0. The van der Waals surface area contributed by atoms with Crippen LogP contribution in [0.5, 0.6) is 0 Å². The molecule has 2 heterocycles. The van der Waals surface area contributed by atoms with Crippen LogP contribution in [0.1, 0.15) is 16.3 Å². The van der Waals surface area contributed by atoms with E-state index in [9.17, 15) is 0 Å². The molecule has 0 saturated heterocycles. The van der Waals surface area contributed by atoms with Gasteiger partial charge in [-0.25, -0.2) is 4.98 Å². The van der Waals surface area contributed by atoms with Gasteiger partial charge in [-0.3, -0.25) is 0 Å². The minimum atomic E-state index is 0.756. The molecule has 0 spiro atoms. The summed E-state index contributed by atoms with van der Waals surface area (Å²) in [6.07, 6.45) is 2.03. The number of aromatic amines is 1. The highest BCUT2D eigenvalue weighted by Gasteiger charge is 2.04. The quantitative estimate of drug-likeness (QED) is 0.766. The standard InChI is InChI=1S/C14H14ClN3S/c1-9-18-12(8-19-9)7-16-5-10-6-17-14-4-11(15)2-3-13(10)14/h2-4,6,8,16-17H,5,7H2,1H3. The van der Waals surface area contributed by atoms with Crippen LogP contribution in [0, 0.1) is 6.92 Å². The first-order valence-electron chi connectivity index (χ1n) is 6.09. The maximum absolute atomic E-state index is 5.97. The van der Waals surface area contributed by atoms with Gasteiger partial charge in [0.05, 0.1) is 10.7 Å². The summed E-state index contributed by atoms with van der Waals surface area (Å²) in [5, 5.41) is 8.59. The Morgan fingerprint density at radius 3 is 3.05 bits per heavy atom. The number of hydrogen-bond donors (Lipinski definition) is 2. The second-order valence-electron chi connectivity index (χ2n) is 4.47. The Balaban J connectivity index is 1.68. The summed E-state index contributed by atoms with van der Waals surface area (Å²) in [6.45, 7) is 3.64. The maximum atomic E-state index is 5.97. The summed E-state index contributed by atoms with van der Waals surface area (Å²) in [7, 11) is 0. The fraction of sp³-hybridized carbons (Fsp3) is 0.214. The van der Waals surface area contributed by atoms with Crippen LogP contribution in [0.2, 0.25) is 5.02 Å². The average molecular weight is 292 g/mol. The van der Waals surface area contributed by atoms with Gasteiger partial charge in [0.15, 0.2) is 0 Å². The lowest BCUT2D eigenvalue weighted by molar-refractivity contribution is 0.684. The van der Waals surface area contributed by atoms with Gasteiger partial charge < -0.3 is 10.3 Å². The number of fused-ring (bicyclic) bond motifs is 1. The molecule has 3 rings (SSSR count). The third-order valence-electron chi connectivity index (χ3n) is 3.02. The van der Waals surface area contributed by atoms with E-state index in [1.54, 1.807) is 11.3 Å². The van der Waals surface area contributed by atoms with Crippen LogP contribution in [0.15, 0.2) is 29.8 Å². The largest absolute Gasteiger partial charge is 0.361 e. The Hall–Kier alpha value is -1.36. The second-order valence-corrected chi connectivity index (χ2v) is 5.96. The first-order chi connectivity index (χ1) is 9.22. The molecule has 0 amide bonds. The zero-order chi connectivity index (χ0) is 13.2. The third-order valence-corrected chi connectivity index (χ3v) is 4.08. The van der Waals surface area contributed by atoms with E-state index in [0.29, 0.717) is 0 Å². The van der Waals surface area contributed by atoms with E-state index < -0.39 is 0 Å². The lowest BCUT2D eigenvalue weighted by atomic mass is 10.2. The van der Waals surface area contributed by atoms with E-state index in [1.807, 2.05) is 25.3 Å². The number of hydrogen-bond acceptors (Lipinski definition) is 3. The number of aromatic nitrogens is 2. The predicted octanol–water partition coefficient (Wildman–Crippen LogP) is 3.88. The molecule has 3 aromatic rings. The van der Waals surface area contributed by atoms with Crippen molar-refractivity contribution in [2.75, 3.05) is 0 Å². The molecule has 19 heavy (non-hydrogen) atoms. The lowest BCUT2D eigenvalue weighted by Crippen LogP contribution is -2.12. The Kier molecular flexibility index (Phi) is 3.55. The van der Waals surface area contributed by atoms with Gasteiger partial charge >= 0.3 is 0 Å². The molecular formula is C14H14ClN3S. The molecule has 3 nitrogen and oxygen atoms in total. The summed E-state index contributed by atoms with van der Waals surface area (Å²) in [5.41, 5.74) is 3.43. The third kappa shape index (κ3) is 2.81. The van der Waals surface area contributed by atoms with Crippen LogP contribution in [0.25, 0.3) is 10.9 Å². The first-order valence-corrected chi connectivity index (χ1v) is 7.35. The number of rotatable bonds is 4. The molecule has 0 aliphatic rings. The highest BCUT2D eigenvalue weighted by Crippen LogP contribution is 2.22. The van der Waals surface area contributed by atoms with Crippen molar-refractivity contribution in [3.05, 3.63) is 51.1 Å². The summed E-state index contributed by atoms with van der Waals surface area (Å²) in [6, 6.07) is 5.92. The molecule has 0 atom stereocenters. The average Bonchev–Trinajstić information content (AvgIpc) is 2.96. The van der Waals surface area contributed by atoms with Crippen molar-refractivity contribution in [3.63, 3.8) is 0 Å². The number of H-pyrrole nitrogens is 1. The fourth-order valence-electron chi connectivity index (χ4n) is 2.12. The summed E-state index contributed by atoms with van der Waals surface area (Å²) in [4.78, 5) is 7.68. The Bertz CT molecular complexity index is 702. The molecule has 2 aromatic heterocycles. The normalized spacial score (nSPS) is 11.3. The van der Waals surface area contributed by atoms with Gasteiger partial charge in [-0.2, -0.15) is 0 Å². The van der Waals surface area contributed by atoms with E-state index in [4.69, 9.17) is 11.6 Å². The number of thiazole rings is 1. The van der Waals surface area contributed by atoms with E-state index in [1.165, 1.54) is 10.9 Å². The molecule has 0 bridgehead atoms. The van der Waals surface area contributed by atoms with Crippen LogP contribution in [-0.2, 0) is 13.1 Å². The van der Waals surface area contributed by atoms with Gasteiger partial charge in [0.1, 0.15) is 0 Å². The van der Waals surface area contributed by atoms with Gasteiger partial charge in [0.25, 0.3) is 0 Å². The lowest BCUT2D eigenvalue weighted by Gasteiger charge is -2.01. The van der Waals surface area contributed by atoms with Crippen LogP contribution < -0.4 is 5.32 Å².